The maximum Gasteiger partial charge on any atom is 0.148 e. The Morgan fingerprint density at radius 3 is 2.71 bits per heavy atom. The van der Waals surface area contributed by atoms with Crippen molar-refractivity contribution in [3.8, 4) is 0 Å². The molecule has 1 aliphatic carbocycles. The summed E-state index contributed by atoms with van der Waals surface area (Å²) in [7, 11) is -2.90. The van der Waals surface area contributed by atoms with Crippen molar-refractivity contribution >= 4 is 21.2 Å². The maximum atomic E-state index is 11.3. The summed E-state index contributed by atoms with van der Waals surface area (Å²) in [5.41, 5.74) is 0. The van der Waals surface area contributed by atoms with Gasteiger partial charge in [-0.15, -0.1) is 11.3 Å². The van der Waals surface area contributed by atoms with Crippen molar-refractivity contribution in [3.63, 3.8) is 0 Å². The van der Waals surface area contributed by atoms with Crippen LogP contribution in [-0.2, 0) is 9.84 Å². The summed E-state index contributed by atoms with van der Waals surface area (Å²) in [5, 5.41) is 5.55. The smallest absolute Gasteiger partial charge is 0.148 e. The van der Waals surface area contributed by atoms with Crippen molar-refractivity contribution in [2.24, 2.45) is 5.92 Å². The fraction of sp³-hybridized carbons (Fsp3) is 0.667. The Kier molecular flexibility index (Phi) is 3.90. The van der Waals surface area contributed by atoms with E-state index in [4.69, 9.17) is 0 Å². The second-order valence-electron chi connectivity index (χ2n) is 4.99. The van der Waals surface area contributed by atoms with E-state index >= 15 is 0 Å². The summed E-state index contributed by atoms with van der Waals surface area (Å²) in [6, 6.07) is 4.54. The third-order valence-electron chi connectivity index (χ3n) is 2.96. The second kappa shape index (κ2) is 5.08. The molecule has 1 aromatic rings. The molecular weight excluding hydrogens is 254 g/mol. The summed E-state index contributed by atoms with van der Waals surface area (Å²) in [6.45, 7) is 1.95. The van der Waals surface area contributed by atoms with Gasteiger partial charge in [0, 0.05) is 23.2 Å². The van der Waals surface area contributed by atoms with Crippen molar-refractivity contribution in [2.45, 2.75) is 31.8 Å². The first-order valence-corrected chi connectivity index (χ1v) is 8.87. The van der Waals surface area contributed by atoms with E-state index in [2.05, 4.69) is 22.8 Å². The van der Waals surface area contributed by atoms with E-state index in [1.165, 1.54) is 24.0 Å². The highest BCUT2D eigenvalue weighted by Gasteiger charge is 2.33. The van der Waals surface area contributed by atoms with Gasteiger partial charge in [-0.2, -0.15) is 0 Å². The zero-order chi connectivity index (χ0) is 12.5. The highest BCUT2D eigenvalue weighted by atomic mass is 32.2. The number of sulfone groups is 1. The molecule has 1 N–H and O–H groups in total. The van der Waals surface area contributed by atoms with Crippen molar-refractivity contribution < 1.29 is 8.42 Å². The van der Waals surface area contributed by atoms with Crippen LogP contribution in [0.5, 0.6) is 0 Å². The molecule has 2 unspecified atom stereocenters. The van der Waals surface area contributed by atoms with Crippen molar-refractivity contribution in [3.05, 3.63) is 22.4 Å². The van der Waals surface area contributed by atoms with Gasteiger partial charge in [-0.05, 0) is 37.1 Å². The second-order valence-corrected chi connectivity index (χ2v) is 8.15. The van der Waals surface area contributed by atoms with Crippen LogP contribution in [0.2, 0.25) is 0 Å². The van der Waals surface area contributed by atoms with E-state index in [-0.39, 0.29) is 11.8 Å². The average Bonchev–Trinajstić information content (AvgIpc) is 2.87. The molecule has 96 valence electrons. The summed E-state index contributed by atoms with van der Waals surface area (Å²) < 4.78 is 22.5. The molecule has 0 bridgehead atoms. The van der Waals surface area contributed by atoms with Gasteiger partial charge in [0.25, 0.3) is 0 Å². The molecule has 0 aliphatic heterocycles. The lowest BCUT2D eigenvalue weighted by molar-refractivity contribution is 0.441. The monoisotopic (exact) mass is 273 g/mol. The van der Waals surface area contributed by atoms with Gasteiger partial charge in [-0.3, -0.25) is 0 Å². The average molecular weight is 273 g/mol. The lowest BCUT2D eigenvalue weighted by Gasteiger charge is -2.21. The van der Waals surface area contributed by atoms with Crippen LogP contribution in [0.3, 0.4) is 0 Å². The van der Waals surface area contributed by atoms with E-state index in [9.17, 15) is 8.42 Å². The fourth-order valence-corrected chi connectivity index (χ4v) is 4.04. The van der Waals surface area contributed by atoms with Crippen LogP contribution in [0.1, 0.15) is 30.7 Å². The van der Waals surface area contributed by atoms with Crippen LogP contribution in [0.25, 0.3) is 0 Å². The summed E-state index contributed by atoms with van der Waals surface area (Å²) in [6.07, 6.45) is 3.80. The predicted octanol–water partition coefficient (Wildman–Crippen LogP) is 2.22. The minimum atomic E-state index is -2.90. The van der Waals surface area contributed by atoms with Gasteiger partial charge in [0.15, 0.2) is 0 Å². The van der Waals surface area contributed by atoms with Crippen LogP contribution < -0.4 is 5.32 Å². The number of nitrogens with one attached hydrogen (secondary N) is 1. The Labute approximate surface area is 107 Å². The van der Waals surface area contributed by atoms with E-state index in [0.717, 1.165) is 0 Å². The fourth-order valence-electron chi connectivity index (χ4n) is 2.16. The van der Waals surface area contributed by atoms with Gasteiger partial charge in [-0.1, -0.05) is 6.07 Å². The molecule has 17 heavy (non-hydrogen) atoms. The molecule has 0 spiro atoms. The lowest BCUT2D eigenvalue weighted by Crippen LogP contribution is -2.36. The van der Waals surface area contributed by atoms with Crippen molar-refractivity contribution in [1.29, 1.82) is 0 Å². The molecule has 1 saturated carbocycles. The Morgan fingerprint density at radius 1 is 1.53 bits per heavy atom. The highest BCUT2D eigenvalue weighted by Crippen LogP contribution is 2.42. The van der Waals surface area contributed by atoms with Gasteiger partial charge in [0.05, 0.1) is 5.75 Å². The standard InChI is InChI=1S/C12H19NO2S2/c1-9(8-17(2,14)15)13-12(10-5-6-10)11-4-3-7-16-11/h3-4,7,9-10,12-13H,5-6,8H2,1-2H3. The Hall–Kier alpha value is -0.390. The van der Waals surface area contributed by atoms with Gasteiger partial charge in [0.1, 0.15) is 9.84 Å². The van der Waals surface area contributed by atoms with Crippen LogP contribution in [0.4, 0.5) is 0 Å². The Bertz CT molecular complexity index is 449. The number of hydrogen-bond donors (Lipinski definition) is 1. The van der Waals surface area contributed by atoms with Crippen molar-refractivity contribution in [2.75, 3.05) is 12.0 Å². The molecular formula is C12H19NO2S2. The molecule has 0 radical (unpaired) electrons. The quantitative estimate of drug-likeness (QED) is 0.864. The molecule has 0 amide bonds. The van der Waals surface area contributed by atoms with Crippen molar-refractivity contribution in [1.82, 2.24) is 5.32 Å². The van der Waals surface area contributed by atoms with Gasteiger partial charge in [-0.25, -0.2) is 8.42 Å². The molecule has 1 aliphatic rings. The van der Waals surface area contributed by atoms with Gasteiger partial charge < -0.3 is 5.32 Å². The van der Waals surface area contributed by atoms with Crippen LogP contribution in [0.15, 0.2) is 17.5 Å². The first-order chi connectivity index (χ1) is 7.96. The minimum absolute atomic E-state index is 0.0118. The topological polar surface area (TPSA) is 46.2 Å². The number of rotatable bonds is 6. The van der Waals surface area contributed by atoms with E-state index < -0.39 is 9.84 Å². The normalized spacial score (nSPS) is 20.1. The summed E-state index contributed by atoms with van der Waals surface area (Å²) >= 11 is 1.75. The molecule has 1 fully saturated rings. The van der Waals surface area contributed by atoms with Crippen LogP contribution >= 0.6 is 11.3 Å². The summed E-state index contributed by atoms with van der Waals surface area (Å²) in [5.74, 6) is 0.900. The zero-order valence-electron chi connectivity index (χ0n) is 10.2. The molecule has 5 heteroatoms. The van der Waals surface area contributed by atoms with Crippen LogP contribution in [0, 0.1) is 5.92 Å². The number of hydrogen-bond acceptors (Lipinski definition) is 4. The SMILES string of the molecule is CC(CS(C)(=O)=O)NC(c1cccs1)C1CC1. The third-order valence-corrected chi connectivity index (χ3v) is 5.02. The van der Waals surface area contributed by atoms with E-state index in [0.29, 0.717) is 12.0 Å². The molecule has 1 heterocycles. The molecule has 0 aromatic carbocycles. The summed E-state index contributed by atoms with van der Waals surface area (Å²) in [4.78, 5) is 1.33. The molecule has 1 aromatic heterocycles. The molecule has 2 atom stereocenters. The first kappa shape index (κ1) is 13.1. The molecule has 0 saturated heterocycles. The largest absolute Gasteiger partial charge is 0.305 e. The lowest BCUT2D eigenvalue weighted by atomic mass is 10.1. The highest BCUT2D eigenvalue weighted by molar-refractivity contribution is 7.90. The first-order valence-electron chi connectivity index (χ1n) is 5.93. The Balaban J connectivity index is 1.99. The Morgan fingerprint density at radius 2 is 2.24 bits per heavy atom. The van der Waals surface area contributed by atoms with Gasteiger partial charge in [0.2, 0.25) is 0 Å². The zero-order valence-corrected chi connectivity index (χ0v) is 11.9. The molecule has 2 rings (SSSR count). The van der Waals surface area contributed by atoms with Crippen LogP contribution in [-0.4, -0.2) is 26.5 Å². The maximum absolute atomic E-state index is 11.3. The third kappa shape index (κ3) is 4.08. The predicted molar refractivity (Wildman–Crippen MR) is 72.1 cm³/mol. The number of thiophene rings is 1. The van der Waals surface area contributed by atoms with E-state index in [1.54, 1.807) is 11.3 Å². The minimum Gasteiger partial charge on any atom is -0.305 e. The van der Waals surface area contributed by atoms with Gasteiger partial charge >= 0.3 is 0 Å². The van der Waals surface area contributed by atoms with E-state index in [1.807, 2.05) is 6.92 Å². The molecule has 3 nitrogen and oxygen atoms in total.